The summed E-state index contributed by atoms with van der Waals surface area (Å²) in [6.45, 7) is 0. The van der Waals surface area contributed by atoms with E-state index in [9.17, 15) is 4.79 Å². The van der Waals surface area contributed by atoms with Crippen LogP contribution in [-0.4, -0.2) is 20.2 Å². The van der Waals surface area contributed by atoms with Gasteiger partial charge in [-0.05, 0) is 12.1 Å². The first-order valence-corrected chi connectivity index (χ1v) is 4.32. The van der Waals surface area contributed by atoms with Crippen molar-refractivity contribution in [3.8, 4) is 5.75 Å². The van der Waals surface area contributed by atoms with Crippen molar-refractivity contribution >= 4 is 5.97 Å². The highest BCUT2D eigenvalue weighted by Gasteiger charge is 2.12. The van der Waals surface area contributed by atoms with E-state index in [-0.39, 0.29) is 5.76 Å². The fourth-order valence-electron chi connectivity index (χ4n) is 0.937. The zero-order chi connectivity index (χ0) is 11.1. The van der Waals surface area contributed by atoms with Gasteiger partial charge in [0.15, 0.2) is 0 Å². The molecule has 0 amide bonds. The van der Waals surface area contributed by atoms with Gasteiger partial charge in [0.2, 0.25) is 5.76 Å². The van der Waals surface area contributed by atoms with E-state index in [1.165, 1.54) is 20.5 Å². The highest BCUT2D eigenvalue weighted by Crippen LogP contribution is 2.13. The van der Waals surface area contributed by atoms with Crippen LogP contribution in [0.25, 0.3) is 0 Å². The van der Waals surface area contributed by atoms with Crippen LogP contribution in [0.2, 0.25) is 0 Å². The number of rotatable bonds is 4. The average molecular weight is 208 g/mol. The van der Waals surface area contributed by atoms with Crippen LogP contribution in [0, 0.1) is 0 Å². The van der Waals surface area contributed by atoms with Crippen molar-refractivity contribution in [1.82, 2.24) is 0 Å². The average Bonchev–Trinajstić information content (AvgIpc) is 2.29. The number of ether oxygens (including phenoxy) is 3. The quantitative estimate of drug-likeness (QED) is 0.429. The number of esters is 1. The maximum atomic E-state index is 11.2. The number of methoxy groups -OCH3 is 2. The fourth-order valence-corrected chi connectivity index (χ4v) is 0.937. The Labute approximate surface area is 88.1 Å². The van der Waals surface area contributed by atoms with Gasteiger partial charge in [-0.15, -0.1) is 0 Å². The second-order valence-electron chi connectivity index (χ2n) is 2.62. The third kappa shape index (κ3) is 3.34. The third-order valence-electron chi connectivity index (χ3n) is 1.58. The van der Waals surface area contributed by atoms with E-state index in [1.54, 1.807) is 24.3 Å². The van der Waals surface area contributed by atoms with Crippen LogP contribution >= 0.6 is 0 Å². The molecule has 80 valence electrons. The lowest BCUT2D eigenvalue weighted by molar-refractivity contribution is -0.138. The van der Waals surface area contributed by atoms with Crippen molar-refractivity contribution in [2.75, 3.05) is 14.2 Å². The number of para-hydroxylation sites is 1. The van der Waals surface area contributed by atoms with Gasteiger partial charge >= 0.3 is 5.97 Å². The van der Waals surface area contributed by atoms with Crippen LogP contribution in [0.3, 0.4) is 0 Å². The Hall–Kier alpha value is -1.97. The number of carbonyl (C=O) groups is 1. The molecule has 1 aromatic carbocycles. The molecule has 0 N–H and O–H groups in total. The number of benzene rings is 1. The lowest BCUT2D eigenvalue weighted by atomic mass is 10.3. The van der Waals surface area contributed by atoms with Crippen LogP contribution in [0.1, 0.15) is 0 Å². The first kappa shape index (κ1) is 11.1. The maximum absolute atomic E-state index is 11.2. The largest absolute Gasteiger partial charge is 0.500 e. The Balaban J connectivity index is 2.76. The summed E-state index contributed by atoms with van der Waals surface area (Å²) in [5.41, 5.74) is 0. The highest BCUT2D eigenvalue weighted by atomic mass is 16.6. The predicted octanol–water partition coefficient (Wildman–Crippen LogP) is 1.73. The molecule has 0 atom stereocenters. The molecular formula is C11H12O4. The second-order valence-corrected chi connectivity index (χ2v) is 2.62. The molecule has 0 aliphatic carbocycles. The minimum Gasteiger partial charge on any atom is -0.500 e. The zero-order valence-corrected chi connectivity index (χ0v) is 8.60. The van der Waals surface area contributed by atoms with Crippen molar-refractivity contribution in [2.24, 2.45) is 0 Å². The van der Waals surface area contributed by atoms with Crippen LogP contribution < -0.4 is 4.74 Å². The molecule has 0 radical (unpaired) electrons. The van der Waals surface area contributed by atoms with Crippen LogP contribution in [0.15, 0.2) is 42.4 Å². The van der Waals surface area contributed by atoms with Gasteiger partial charge in [0, 0.05) is 0 Å². The van der Waals surface area contributed by atoms with Crippen molar-refractivity contribution in [3.63, 3.8) is 0 Å². The van der Waals surface area contributed by atoms with Crippen molar-refractivity contribution in [1.29, 1.82) is 0 Å². The summed E-state index contributed by atoms with van der Waals surface area (Å²) in [6, 6.07) is 8.91. The Bertz CT molecular complexity index is 343. The molecule has 0 aliphatic rings. The summed E-state index contributed by atoms with van der Waals surface area (Å²) >= 11 is 0. The second kappa shape index (κ2) is 5.70. The molecule has 0 bridgehead atoms. The summed E-state index contributed by atoms with van der Waals surface area (Å²) in [4.78, 5) is 11.2. The van der Waals surface area contributed by atoms with Gasteiger partial charge in [0.25, 0.3) is 0 Å². The van der Waals surface area contributed by atoms with E-state index < -0.39 is 5.97 Å². The monoisotopic (exact) mass is 208 g/mol. The van der Waals surface area contributed by atoms with Gasteiger partial charge < -0.3 is 14.2 Å². The highest BCUT2D eigenvalue weighted by molar-refractivity contribution is 5.86. The lowest BCUT2D eigenvalue weighted by Crippen LogP contribution is -2.11. The van der Waals surface area contributed by atoms with E-state index in [2.05, 4.69) is 4.74 Å². The van der Waals surface area contributed by atoms with Crippen molar-refractivity contribution < 1.29 is 19.0 Å². The molecule has 0 fully saturated rings. The summed E-state index contributed by atoms with van der Waals surface area (Å²) in [6.07, 6.45) is 1.19. The van der Waals surface area contributed by atoms with Crippen LogP contribution in [0.4, 0.5) is 0 Å². The molecule has 0 spiro atoms. The topological polar surface area (TPSA) is 44.8 Å². The van der Waals surface area contributed by atoms with Gasteiger partial charge in [-0.1, -0.05) is 18.2 Å². The molecule has 0 aliphatic heterocycles. The standard InChI is InChI=1S/C11H12O4/c1-13-8-10(11(12)14-2)15-9-6-4-3-5-7-9/h3-8H,1-2H3/b10-8-. The van der Waals surface area contributed by atoms with E-state index in [0.29, 0.717) is 5.75 Å². The minimum absolute atomic E-state index is 0.00574. The Kier molecular flexibility index (Phi) is 4.22. The molecule has 1 aromatic rings. The minimum atomic E-state index is -0.583. The molecule has 0 saturated heterocycles. The Morgan fingerprint density at radius 1 is 1.20 bits per heavy atom. The first-order valence-electron chi connectivity index (χ1n) is 4.32. The van der Waals surface area contributed by atoms with Gasteiger partial charge in [-0.2, -0.15) is 0 Å². The van der Waals surface area contributed by atoms with E-state index >= 15 is 0 Å². The Morgan fingerprint density at radius 3 is 2.40 bits per heavy atom. The Morgan fingerprint density at radius 2 is 1.87 bits per heavy atom. The molecule has 1 rings (SSSR count). The van der Waals surface area contributed by atoms with E-state index in [0.717, 1.165) is 0 Å². The van der Waals surface area contributed by atoms with Crippen LogP contribution in [0.5, 0.6) is 5.75 Å². The molecule has 4 nitrogen and oxygen atoms in total. The molecule has 4 heteroatoms. The molecule has 15 heavy (non-hydrogen) atoms. The van der Waals surface area contributed by atoms with Gasteiger partial charge in [-0.25, -0.2) is 4.79 Å². The lowest BCUT2D eigenvalue weighted by Gasteiger charge is -2.07. The molecule has 0 aromatic heterocycles. The van der Waals surface area contributed by atoms with Gasteiger partial charge in [-0.3, -0.25) is 0 Å². The third-order valence-corrected chi connectivity index (χ3v) is 1.58. The smallest absolute Gasteiger partial charge is 0.377 e. The number of carbonyl (C=O) groups excluding carboxylic acids is 1. The maximum Gasteiger partial charge on any atom is 0.377 e. The first-order chi connectivity index (χ1) is 7.27. The SMILES string of the molecule is CO/C=C(\Oc1ccccc1)C(=O)OC. The molecule has 0 heterocycles. The zero-order valence-electron chi connectivity index (χ0n) is 8.60. The summed E-state index contributed by atoms with van der Waals surface area (Å²) < 4.78 is 14.5. The number of hydrogen-bond donors (Lipinski definition) is 0. The van der Waals surface area contributed by atoms with E-state index in [1.807, 2.05) is 6.07 Å². The summed E-state index contributed by atoms with van der Waals surface area (Å²) in [7, 11) is 2.71. The summed E-state index contributed by atoms with van der Waals surface area (Å²) in [5.74, 6) is -0.0295. The van der Waals surface area contributed by atoms with Crippen LogP contribution in [-0.2, 0) is 14.3 Å². The van der Waals surface area contributed by atoms with Crippen molar-refractivity contribution in [3.05, 3.63) is 42.4 Å². The van der Waals surface area contributed by atoms with Gasteiger partial charge in [0.1, 0.15) is 12.0 Å². The van der Waals surface area contributed by atoms with E-state index in [4.69, 9.17) is 9.47 Å². The number of hydrogen-bond acceptors (Lipinski definition) is 4. The molecular weight excluding hydrogens is 196 g/mol. The summed E-state index contributed by atoms with van der Waals surface area (Å²) in [5, 5.41) is 0. The molecule has 0 saturated carbocycles. The van der Waals surface area contributed by atoms with Crippen molar-refractivity contribution in [2.45, 2.75) is 0 Å². The normalized spacial score (nSPS) is 10.7. The predicted molar refractivity (Wildman–Crippen MR) is 54.2 cm³/mol. The fraction of sp³-hybridized carbons (Fsp3) is 0.182. The molecule has 0 unspecified atom stereocenters. The van der Waals surface area contributed by atoms with Gasteiger partial charge in [0.05, 0.1) is 14.2 Å².